The van der Waals surface area contributed by atoms with Gasteiger partial charge in [-0.25, -0.2) is 0 Å². The molecule has 1 aromatic heterocycles. The number of nitrogens with zero attached hydrogens (tertiary/aromatic N) is 2. The average Bonchev–Trinajstić information content (AvgIpc) is 2.93. The first-order chi connectivity index (χ1) is 9.79. The summed E-state index contributed by atoms with van der Waals surface area (Å²) in [5, 5.41) is 6.62. The maximum atomic E-state index is 5.95. The van der Waals surface area contributed by atoms with E-state index in [9.17, 15) is 0 Å². The molecule has 0 saturated carbocycles. The van der Waals surface area contributed by atoms with Crippen LogP contribution in [0.3, 0.4) is 0 Å². The zero-order valence-electron chi connectivity index (χ0n) is 10.5. The standard InChI is InChI=1S/C15H12ClN3S/c16-12-6-8-13(9-7-12)19-14(10-20-15(19)18-17)11-4-2-1-3-5-11/h1-10H,17H2/b18-15-. The van der Waals surface area contributed by atoms with Crippen molar-refractivity contribution in [2.75, 3.05) is 0 Å². The number of nitrogens with two attached hydrogens (primary N) is 1. The maximum absolute atomic E-state index is 5.95. The van der Waals surface area contributed by atoms with E-state index in [4.69, 9.17) is 17.4 Å². The predicted molar refractivity (Wildman–Crippen MR) is 83.8 cm³/mol. The molecule has 3 nitrogen and oxygen atoms in total. The Bertz CT molecular complexity index is 773. The molecule has 0 radical (unpaired) electrons. The molecule has 0 fully saturated rings. The molecule has 0 atom stereocenters. The lowest BCUT2D eigenvalue weighted by Gasteiger charge is -2.09. The monoisotopic (exact) mass is 301 g/mol. The smallest absolute Gasteiger partial charge is 0.212 e. The summed E-state index contributed by atoms with van der Waals surface area (Å²) < 4.78 is 2.02. The van der Waals surface area contributed by atoms with Crippen molar-refractivity contribution in [1.82, 2.24) is 4.57 Å². The zero-order chi connectivity index (χ0) is 13.9. The van der Waals surface area contributed by atoms with Gasteiger partial charge in [-0.05, 0) is 29.8 Å². The van der Waals surface area contributed by atoms with Crippen LogP contribution in [0.25, 0.3) is 16.9 Å². The molecule has 3 rings (SSSR count). The second kappa shape index (κ2) is 5.53. The van der Waals surface area contributed by atoms with Gasteiger partial charge in [-0.1, -0.05) is 41.9 Å². The quantitative estimate of drug-likeness (QED) is 0.570. The normalized spacial score (nSPS) is 11.8. The molecule has 0 spiro atoms. The Morgan fingerprint density at radius 2 is 1.70 bits per heavy atom. The van der Waals surface area contributed by atoms with Crippen LogP contribution in [0.15, 0.2) is 65.1 Å². The van der Waals surface area contributed by atoms with E-state index in [1.807, 2.05) is 47.0 Å². The molecule has 1 heterocycles. The summed E-state index contributed by atoms with van der Waals surface area (Å²) in [5.74, 6) is 5.50. The maximum Gasteiger partial charge on any atom is 0.212 e. The van der Waals surface area contributed by atoms with E-state index in [-0.39, 0.29) is 0 Å². The highest BCUT2D eigenvalue weighted by Crippen LogP contribution is 2.23. The van der Waals surface area contributed by atoms with E-state index in [0.29, 0.717) is 5.02 Å². The molecule has 0 aliphatic rings. The number of halogens is 1. The number of hydrogen-bond donors (Lipinski definition) is 1. The van der Waals surface area contributed by atoms with Crippen molar-refractivity contribution < 1.29 is 0 Å². The lowest BCUT2D eigenvalue weighted by molar-refractivity contribution is 0.971. The lowest BCUT2D eigenvalue weighted by Crippen LogP contribution is -2.15. The van der Waals surface area contributed by atoms with Crippen molar-refractivity contribution >= 4 is 22.9 Å². The van der Waals surface area contributed by atoms with Crippen LogP contribution < -0.4 is 10.6 Å². The SMILES string of the molecule is N/N=c1\scc(-c2ccccc2)n1-c1ccc(Cl)cc1. The summed E-state index contributed by atoms with van der Waals surface area (Å²) in [6, 6.07) is 17.8. The molecule has 100 valence electrons. The third-order valence-corrected chi connectivity index (χ3v) is 4.06. The highest BCUT2D eigenvalue weighted by molar-refractivity contribution is 7.07. The van der Waals surface area contributed by atoms with Gasteiger partial charge in [-0.3, -0.25) is 4.57 Å². The predicted octanol–water partition coefficient (Wildman–Crippen LogP) is 3.63. The fourth-order valence-electron chi connectivity index (χ4n) is 2.05. The summed E-state index contributed by atoms with van der Waals surface area (Å²) in [5.41, 5.74) is 3.16. The largest absolute Gasteiger partial charge is 0.320 e. The van der Waals surface area contributed by atoms with Gasteiger partial charge >= 0.3 is 0 Å². The summed E-state index contributed by atoms with van der Waals surface area (Å²) in [6.07, 6.45) is 0. The Balaban J connectivity index is 2.24. The van der Waals surface area contributed by atoms with Crippen molar-refractivity contribution in [2.24, 2.45) is 10.9 Å². The van der Waals surface area contributed by atoms with E-state index in [0.717, 1.165) is 21.7 Å². The molecule has 0 aliphatic heterocycles. The highest BCUT2D eigenvalue weighted by atomic mass is 35.5. The molecule has 2 aromatic carbocycles. The van der Waals surface area contributed by atoms with Crippen LogP contribution in [0.4, 0.5) is 0 Å². The Morgan fingerprint density at radius 1 is 1.00 bits per heavy atom. The van der Waals surface area contributed by atoms with Crippen LogP contribution in [0.2, 0.25) is 5.02 Å². The highest BCUT2D eigenvalue weighted by Gasteiger charge is 2.09. The molecule has 5 heteroatoms. The van der Waals surface area contributed by atoms with Gasteiger partial charge in [0.1, 0.15) is 0 Å². The molecular formula is C15H12ClN3S. The van der Waals surface area contributed by atoms with E-state index in [1.54, 1.807) is 0 Å². The Hall–Kier alpha value is -2.04. The molecule has 20 heavy (non-hydrogen) atoms. The Morgan fingerprint density at radius 3 is 2.35 bits per heavy atom. The van der Waals surface area contributed by atoms with Gasteiger partial charge < -0.3 is 5.84 Å². The van der Waals surface area contributed by atoms with Crippen molar-refractivity contribution in [1.29, 1.82) is 0 Å². The minimum atomic E-state index is 0.706. The van der Waals surface area contributed by atoms with Crippen LogP contribution in [0.1, 0.15) is 0 Å². The first kappa shape index (κ1) is 13.0. The zero-order valence-corrected chi connectivity index (χ0v) is 12.1. The fraction of sp³-hybridized carbons (Fsp3) is 0. The number of benzene rings is 2. The van der Waals surface area contributed by atoms with Crippen molar-refractivity contribution in [2.45, 2.75) is 0 Å². The van der Waals surface area contributed by atoms with Crippen LogP contribution in [0, 0.1) is 0 Å². The number of hydrogen-bond acceptors (Lipinski definition) is 3. The van der Waals surface area contributed by atoms with Crippen molar-refractivity contribution in [3.05, 3.63) is 69.8 Å². The third-order valence-electron chi connectivity index (χ3n) is 2.97. The summed E-state index contributed by atoms with van der Waals surface area (Å²) >= 11 is 7.46. The molecule has 0 bridgehead atoms. The van der Waals surface area contributed by atoms with E-state index < -0.39 is 0 Å². The fourth-order valence-corrected chi connectivity index (χ4v) is 3.01. The minimum Gasteiger partial charge on any atom is -0.320 e. The van der Waals surface area contributed by atoms with E-state index in [2.05, 4.69) is 22.6 Å². The number of rotatable bonds is 2. The topological polar surface area (TPSA) is 43.3 Å². The van der Waals surface area contributed by atoms with Gasteiger partial charge in [0.15, 0.2) is 0 Å². The average molecular weight is 302 g/mol. The number of aromatic nitrogens is 1. The van der Waals surface area contributed by atoms with Crippen LogP contribution in [0.5, 0.6) is 0 Å². The molecule has 3 aromatic rings. The Kier molecular flexibility index (Phi) is 3.58. The van der Waals surface area contributed by atoms with Crippen molar-refractivity contribution in [3.63, 3.8) is 0 Å². The van der Waals surface area contributed by atoms with Gasteiger partial charge in [0.25, 0.3) is 0 Å². The summed E-state index contributed by atoms with van der Waals surface area (Å²) in [7, 11) is 0. The van der Waals surface area contributed by atoms with Crippen molar-refractivity contribution in [3.8, 4) is 16.9 Å². The van der Waals surface area contributed by atoms with Crippen LogP contribution in [-0.2, 0) is 0 Å². The molecule has 2 N–H and O–H groups in total. The van der Waals surface area contributed by atoms with Crippen LogP contribution in [-0.4, -0.2) is 4.57 Å². The second-order valence-electron chi connectivity index (χ2n) is 4.21. The number of thiazole rings is 1. The lowest BCUT2D eigenvalue weighted by atomic mass is 10.1. The van der Waals surface area contributed by atoms with Crippen LogP contribution >= 0.6 is 22.9 Å². The van der Waals surface area contributed by atoms with E-state index in [1.165, 1.54) is 11.3 Å². The minimum absolute atomic E-state index is 0.706. The van der Waals surface area contributed by atoms with Gasteiger partial charge in [-0.2, -0.15) is 5.10 Å². The first-order valence-electron chi connectivity index (χ1n) is 6.05. The van der Waals surface area contributed by atoms with Gasteiger partial charge in [0.2, 0.25) is 4.80 Å². The van der Waals surface area contributed by atoms with E-state index >= 15 is 0 Å². The summed E-state index contributed by atoms with van der Waals surface area (Å²) in [4.78, 5) is 0.742. The second-order valence-corrected chi connectivity index (χ2v) is 5.48. The molecule has 0 saturated heterocycles. The van der Waals surface area contributed by atoms with Gasteiger partial charge in [0, 0.05) is 16.1 Å². The van der Waals surface area contributed by atoms with Gasteiger partial charge in [-0.15, -0.1) is 11.3 Å². The third kappa shape index (κ3) is 2.35. The first-order valence-corrected chi connectivity index (χ1v) is 7.31. The Labute approximate surface area is 125 Å². The molecule has 0 amide bonds. The molecular weight excluding hydrogens is 290 g/mol. The summed E-state index contributed by atoms with van der Waals surface area (Å²) in [6.45, 7) is 0. The van der Waals surface area contributed by atoms with Gasteiger partial charge in [0.05, 0.1) is 5.69 Å². The molecule has 0 unspecified atom stereocenters. The molecule has 0 aliphatic carbocycles.